The van der Waals surface area contributed by atoms with E-state index < -0.39 is 0 Å². The second kappa shape index (κ2) is 6.97. The topological polar surface area (TPSA) is 50.8 Å². The molecule has 1 N–H and O–H groups in total. The molecule has 5 heteroatoms. The predicted octanol–water partition coefficient (Wildman–Crippen LogP) is 2.15. The van der Waals surface area contributed by atoms with E-state index in [9.17, 15) is 4.79 Å². The van der Waals surface area contributed by atoms with Crippen LogP contribution in [0.1, 0.15) is 45.4 Å². The summed E-state index contributed by atoms with van der Waals surface area (Å²) in [5.74, 6) is 0.728. The molecule has 3 fully saturated rings. The van der Waals surface area contributed by atoms with Gasteiger partial charge in [-0.1, -0.05) is 0 Å². The number of hydrogen-bond acceptors (Lipinski definition) is 3. The summed E-state index contributed by atoms with van der Waals surface area (Å²) in [5.41, 5.74) is 0. The molecule has 5 nitrogen and oxygen atoms in total. The van der Waals surface area contributed by atoms with Gasteiger partial charge in [0, 0.05) is 19.7 Å². The molecule has 0 aromatic heterocycles. The van der Waals surface area contributed by atoms with E-state index in [-0.39, 0.29) is 12.1 Å². The molecule has 2 amide bonds. The number of fused-ring (bicyclic) bond motifs is 1. The maximum absolute atomic E-state index is 12.3. The SMILES string of the molecule is CCOC1CC(CCNC(=O)N2CCO[C@H]3CCC[C@H]32)C1. The Morgan fingerprint density at radius 2 is 2.24 bits per heavy atom. The number of carbonyl (C=O) groups excluding carboxylic acids is 1. The van der Waals surface area contributed by atoms with Crippen molar-refractivity contribution >= 4 is 6.03 Å². The minimum atomic E-state index is 0.107. The van der Waals surface area contributed by atoms with E-state index in [0.29, 0.717) is 18.8 Å². The maximum atomic E-state index is 12.3. The zero-order valence-corrected chi connectivity index (χ0v) is 13.1. The van der Waals surface area contributed by atoms with E-state index in [1.54, 1.807) is 0 Å². The van der Waals surface area contributed by atoms with Gasteiger partial charge in [-0.25, -0.2) is 4.79 Å². The van der Waals surface area contributed by atoms with Gasteiger partial charge < -0.3 is 19.7 Å². The number of urea groups is 1. The van der Waals surface area contributed by atoms with Gasteiger partial charge in [0.1, 0.15) is 0 Å². The fourth-order valence-corrected chi connectivity index (χ4v) is 3.94. The van der Waals surface area contributed by atoms with Crippen LogP contribution in [0, 0.1) is 5.92 Å². The zero-order chi connectivity index (χ0) is 14.7. The monoisotopic (exact) mass is 296 g/mol. The van der Waals surface area contributed by atoms with Gasteiger partial charge in [-0.05, 0) is 51.4 Å². The number of nitrogens with zero attached hydrogens (tertiary/aromatic N) is 1. The average Bonchev–Trinajstić information content (AvgIpc) is 2.92. The van der Waals surface area contributed by atoms with Crippen molar-refractivity contribution in [2.45, 2.75) is 63.7 Å². The molecule has 21 heavy (non-hydrogen) atoms. The first kappa shape index (κ1) is 15.1. The number of rotatable bonds is 5. The van der Waals surface area contributed by atoms with Crippen molar-refractivity contribution in [3.8, 4) is 0 Å². The number of nitrogens with one attached hydrogen (secondary N) is 1. The fraction of sp³-hybridized carbons (Fsp3) is 0.938. The average molecular weight is 296 g/mol. The van der Waals surface area contributed by atoms with Crippen LogP contribution in [0.25, 0.3) is 0 Å². The summed E-state index contributed by atoms with van der Waals surface area (Å²) in [6.45, 7) is 5.08. The Kier molecular flexibility index (Phi) is 5.01. The normalized spacial score (nSPS) is 35.2. The van der Waals surface area contributed by atoms with Crippen LogP contribution in [0.5, 0.6) is 0 Å². The lowest BCUT2D eigenvalue weighted by atomic mass is 9.80. The van der Waals surface area contributed by atoms with Crippen LogP contribution in [-0.2, 0) is 9.47 Å². The lowest BCUT2D eigenvalue weighted by Gasteiger charge is -2.38. The van der Waals surface area contributed by atoms with Crippen LogP contribution >= 0.6 is 0 Å². The van der Waals surface area contributed by atoms with Crippen LogP contribution in [-0.4, -0.2) is 55.5 Å². The van der Waals surface area contributed by atoms with Crippen molar-refractivity contribution in [3.05, 3.63) is 0 Å². The molecule has 0 spiro atoms. The lowest BCUT2D eigenvalue weighted by Crippen LogP contribution is -2.54. The van der Waals surface area contributed by atoms with Gasteiger partial charge >= 0.3 is 6.03 Å². The first-order valence-electron chi connectivity index (χ1n) is 8.55. The molecule has 0 bridgehead atoms. The van der Waals surface area contributed by atoms with Crippen LogP contribution < -0.4 is 5.32 Å². The first-order valence-corrected chi connectivity index (χ1v) is 8.55. The van der Waals surface area contributed by atoms with Crippen molar-refractivity contribution in [3.63, 3.8) is 0 Å². The van der Waals surface area contributed by atoms with Crippen molar-refractivity contribution in [2.75, 3.05) is 26.3 Å². The quantitative estimate of drug-likeness (QED) is 0.846. The number of ether oxygens (including phenoxy) is 2. The second-order valence-electron chi connectivity index (χ2n) is 6.54. The van der Waals surface area contributed by atoms with Crippen molar-refractivity contribution < 1.29 is 14.3 Å². The number of carbonyl (C=O) groups is 1. The molecule has 3 aliphatic rings. The van der Waals surface area contributed by atoms with Gasteiger partial charge in [0.25, 0.3) is 0 Å². The number of morpholine rings is 1. The molecule has 3 rings (SSSR count). The third kappa shape index (κ3) is 3.51. The van der Waals surface area contributed by atoms with E-state index in [4.69, 9.17) is 9.47 Å². The third-order valence-corrected chi connectivity index (χ3v) is 5.17. The summed E-state index contributed by atoms with van der Waals surface area (Å²) in [6.07, 6.45) is 7.52. The minimum absolute atomic E-state index is 0.107. The van der Waals surface area contributed by atoms with E-state index in [1.165, 1.54) is 6.42 Å². The summed E-state index contributed by atoms with van der Waals surface area (Å²) >= 11 is 0. The van der Waals surface area contributed by atoms with E-state index in [0.717, 1.165) is 57.7 Å². The summed E-state index contributed by atoms with van der Waals surface area (Å²) in [6, 6.07) is 0.417. The summed E-state index contributed by atoms with van der Waals surface area (Å²) in [5, 5.41) is 3.10. The fourth-order valence-electron chi connectivity index (χ4n) is 3.94. The maximum Gasteiger partial charge on any atom is 0.317 e. The molecule has 2 saturated carbocycles. The summed E-state index contributed by atoms with van der Waals surface area (Å²) < 4.78 is 11.3. The molecule has 120 valence electrons. The van der Waals surface area contributed by atoms with Gasteiger partial charge in [-0.2, -0.15) is 0 Å². The van der Waals surface area contributed by atoms with Crippen molar-refractivity contribution in [2.24, 2.45) is 5.92 Å². The van der Waals surface area contributed by atoms with E-state index in [1.807, 2.05) is 11.8 Å². The Balaban J connectivity index is 1.35. The van der Waals surface area contributed by atoms with Crippen LogP contribution in [0.3, 0.4) is 0 Å². The Hall–Kier alpha value is -0.810. The van der Waals surface area contributed by atoms with Gasteiger partial charge in [0.05, 0.1) is 24.9 Å². The third-order valence-electron chi connectivity index (χ3n) is 5.17. The standard InChI is InChI=1S/C16H28N2O3/c1-2-20-13-10-12(11-13)6-7-17-16(19)18-8-9-21-15-5-3-4-14(15)18/h12-15H,2-11H2,1H3,(H,17,19)/t12?,13?,14-,15+/m1/s1. The molecule has 2 atom stereocenters. The smallest absolute Gasteiger partial charge is 0.317 e. The molecule has 2 aliphatic carbocycles. The zero-order valence-electron chi connectivity index (χ0n) is 13.1. The molecular weight excluding hydrogens is 268 g/mol. The molecule has 1 saturated heterocycles. The molecular formula is C16H28N2O3. The van der Waals surface area contributed by atoms with Crippen LogP contribution in [0.2, 0.25) is 0 Å². The molecule has 0 aromatic carbocycles. The molecule has 1 heterocycles. The summed E-state index contributed by atoms with van der Waals surface area (Å²) in [4.78, 5) is 14.3. The number of hydrogen-bond donors (Lipinski definition) is 1. The Labute approximate surface area is 127 Å². The van der Waals surface area contributed by atoms with Gasteiger partial charge in [0.2, 0.25) is 0 Å². The highest BCUT2D eigenvalue weighted by molar-refractivity contribution is 5.74. The predicted molar refractivity (Wildman–Crippen MR) is 80.2 cm³/mol. The van der Waals surface area contributed by atoms with E-state index in [2.05, 4.69) is 5.32 Å². The highest BCUT2D eigenvalue weighted by Crippen LogP contribution is 2.32. The minimum Gasteiger partial charge on any atom is -0.378 e. The Morgan fingerprint density at radius 1 is 1.38 bits per heavy atom. The van der Waals surface area contributed by atoms with E-state index >= 15 is 0 Å². The van der Waals surface area contributed by atoms with Crippen LogP contribution in [0.4, 0.5) is 4.79 Å². The Morgan fingerprint density at radius 3 is 3.05 bits per heavy atom. The van der Waals surface area contributed by atoms with Gasteiger partial charge in [-0.15, -0.1) is 0 Å². The molecule has 0 aromatic rings. The van der Waals surface area contributed by atoms with Crippen molar-refractivity contribution in [1.29, 1.82) is 0 Å². The highest BCUT2D eigenvalue weighted by Gasteiger charge is 2.38. The molecule has 0 unspecified atom stereocenters. The first-order chi connectivity index (χ1) is 10.3. The van der Waals surface area contributed by atoms with Gasteiger partial charge in [0.15, 0.2) is 0 Å². The lowest BCUT2D eigenvalue weighted by molar-refractivity contribution is -0.0388. The van der Waals surface area contributed by atoms with Crippen molar-refractivity contribution in [1.82, 2.24) is 10.2 Å². The number of amides is 2. The van der Waals surface area contributed by atoms with Crippen LogP contribution in [0.15, 0.2) is 0 Å². The molecule has 0 radical (unpaired) electrons. The molecule has 1 aliphatic heterocycles. The Bertz CT molecular complexity index is 357. The highest BCUT2D eigenvalue weighted by atomic mass is 16.5. The second-order valence-corrected chi connectivity index (χ2v) is 6.54. The summed E-state index contributed by atoms with van der Waals surface area (Å²) in [7, 11) is 0. The van der Waals surface area contributed by atoms with Gasteiger partial charge in [-0.3, -0.25) is 0 Å². The largest absolute Gasteiger partial charge is 0.378 e.